The molecule has 0 unspecified atom stereocenters. The van der Waals surface area contributed by atoms with E-state index < -0.39 is 6.04 Å². The summed E-state index contributed by atoms with van der Waals surface area (Å²) in [5, 5.41) is 3.18. The van der Waals surface area contributed by atoms with Crippen LogP contribution in [0.2, 0.25) is 0 Å². The van der Waals surface area contributed by atoms with Crippen LogP contribution in [0.25, 0.3) is 0 Å². The van der Waals surface area contributed by atoms with Crippen molar-refractivity contribution in [3.8, 4) is 5.75 Å². The molecule has 6 nitrogen and oxygen atoms in total. The summed E-state index contributed by atoms with van der Waals surface area (Å²) in [6.07, 6.45) is 8.16. The lowest BCUT2D eigenvalue weighted by molar-refractivity contribution is -0.134. The molecule has 3 fully saturated rings. The number of amides is 3. The molecular weight excluding hydrogens is 354 g/mol. The van der Waals surface area contributed by atoms with Crippen LogP contribution in [0.4, 0.5) is 4.79 Å². The van der Waals surface area contributed by atoms with Crippen LogP contribution in [-0.4, -0.2) is 59.6 Å². The molecule has 6 heteroatoms. The van der Waals surface area contributed by atoms with Gasteiger partial charge in [-0.3, -0.25) is 4.79 Å². The molecule has 2 atom stereocenters. The topological polar surface area (TPSA) is 61.9 Å². The van der Waals surface area contributed by atoms with E-state index in [1.165, 1.54) is 19.3 Å². The predicted molar refractivity (Wildman–Crippen MR) is 107 cm³/mol. The summed E-state index contributed by atoms with van der Waals surface area (Å²) in [5.41, 5.74) is 0. The Morgan fingerprint density at radius 2 is 1.68 bits per heavy atom. The zero-order chi connectivity index (χ0) is 19.3. The standard InChI is InChI=1S/C22H31N3O3/c26-21(24-13-7-8-14-24)20-15-19(28-18-11-5-2-6-12-18)16-25(20)22(27)23-17-9-3-1-4-10-17/h2,5-6,11-12,17,19-20H,1,3-4,7-10,13-16H2,(H,23,27)/t19-,20-/m0/s1. The van der Waals surface area contributed by atoms with Gasteiger partial charge in [0, 0.05) is 25.6 Å². The molecule has 1 aliphatic carbocycles. The van der Waals surface area contributed by atoms with Gasteiger partial charge in [-0.1, -0.05) is 37.5 Å². The number of benzene rings is 1. The van der Waals surface area contributed by atoms with Crippen molar-refractivity contribution in [2.24, 2.45) is 0 Å². The minimum Gasteiger partial charge on any atom is -0.488 e. The SMILES string of the molecule is O=C([C@@H]1C[C@H](Oc2ccccc2)CN1C(=O)NC1CCCCC1)N1CCCC1. The van der Waals surface area contributed by atoms with Crippen LogP contribution < -0.4 is 10.1 Å². The van der Waals surface area contributed by atoms with Gasteiger partial charge < -0.3 is 19.9 Å². The van der Waals surface area contributed by atoms with Gasteiger partial charge in [-0.15, -0.1) is 0 Å². The minimum atomic E-state index is -0.421. The van der Waals surface area contributed by atoms with E-state index in [9.17, 15) is 9.59 Å². The van der Waals surface area contributed by atoms with Gasteiger partial charge in [-0.25, -0.2) is 4.79 Å². The largest absolute Gasteiger partial charge is 0.488 e. The maximum absolute atomic E-state index is 13.1. The van der Waals surface area contributed by atoms with Crippen LogP contribution in [0.1, 0.15) is 51.4 Å². The van der Waals surface area contributed by atoms with Crippen LogP contribution in [-0.2, 0) is 4.79 Å². The molecule has 0 spiro atoms. The van der Waals surface area contributed by atoms with Crippen molar-refractivity contribution in [1.29, 1.82) is 0 Å². The van der Waals surface area contributed by atoms with Gasteiger partial charge in [0.2, 0.25) is 5.91 Å². The van der Waals surface area contributed by atoms with Crippen molar-refractivity contribution in [1.82, 2.24) is 15.1 Å². The van der Waals surface area contributed by atoms with Crippen molar-refractivity contribution < 1.29 is 14.3 Å². The zero-order valence-corrected chi connectivity index (χ0v) is 16.5. The van der Waals surface area contributed by atoms with Crippen molar-refractivity contribution in [2.75, 3.05) is 19.6 Å². The number of ether oxygens (including phenoxy) is 1. The normalized spacial score (nSPS) is 25.7. The summed E-state index contributed by atoms with van der Waals surface area (Å²) in [7, 11) is 0. The Morgan fingerprint density at radius 3 is 2.39 bits per heavy atom. The lowest BCUT2D eigenvalue weighted by atomic mass is 9.96. The van der Waals surface area contributed by atoms with E-state index in [1.54, 1.807) is 4.90 Å². The molecule has 2 heterocycles. The maximum atomic E-state index is 13.1. The summed E-state index contributed by atoms with van der Waals surface area (Å²) < 4.78 is 6.10. The molecule has 2 aliphatic heterocycles. The Balaban J connectivity index is 1.45. The third-order valence-corrected chi connectivity index (χ3v) is 6.21. The highest BCUT2D eigenvalue weighted by Gasteiger charge is 2.43. The Labute approximate surface area is 167 Å². The van der Waals surface area contributed by atoms with E-state index in [1.807, 2.05) is 35.2 Å². The molecule has 0 radical (unpaired) electrons. The number of nitrogens with one attached hydrogen (secondary N) is 1. The Hall–Kier alpha value is -2.24. The molecular formula is C22H31N3O3. The Bertz CT molecular complexity index is 669. The molecule has 28 heavy (non-hydrogen) atoms. The zero-order valence-electron chi connectivity index (χ0n) is 16.5. The van der Waals surface area contributed by atoms with E-state index in [0.717, 1.165) is 44.5 Å². The second-order valence-electron chi connectivity index (χ2n) is 8.27. The van der Waals surface area contributed by atoms with Gasteiger partial charge in [0.15, 0.2) is 0 Å². The molecule has 1 aromatic carbocycles. The van der Waals surface area contributed by atoms with E-state index in [-0.39, 0.29) is 24.1 Å². The Morgan fingerprint density at radius 1 is 0.964 bits per heavy atom. The highest BCUT2D eigenvalue weighted by atomic mass is 16.5. The smallest absolute Gasteiger partial charge is 0.318 e. The third kappa shape index (κ3) is 4.42. The van der Waals surface area contributed by atoms with Crippen LogP contribution in [0.3, 0.4) is 0 Å². The first-order valence-corrected chi connectivity index (χ1v) is 10.8. The number of rotatable bonds is 4. The monoisotopic (exact) mass is 385 g/mol. The summed E-state index contributed by atoms with van der Waals surface area (Å²) in [4.78, 5) is 29.8. The van der Waals surface area contributed by atoms with Gasteiger partial charge in [-0.2, -0.15) is 0 Å². The third-order valence-electron chi connectivity index (χ3n) is 6.21. The quantitative estimate of drug-likeness (QED) is 0.866. The van der Waals surface area contributed by atoms with Crippen LogP contribution in [0, 0.1) is 0 Å². The summed E-state index contributed by atoms with van der Waals surface area (Å²) in [6.45, 7) is 2.06. The first-order valence-electron chi connectivity index (χ1n) is 10.8. The number of urea groups is 1. The summed E-state index contributed by atoms with van der Waals surface area (Å²) >= 11 is 0. The molecule has 3 amide bonds. The van der Waals surface area contributed by atoms with E-state index in [4.69, 9.17) is 4.74 Å². The fourth-order valence-corrected chi connectivity index (χ4v) is 4.69. The van der Waals surface area contributed by atoms with E-state index >= 15 is 0 Å². The number of likely N-dealkylation sites (tertiary alicyclic amines) is 2. The summed E-state index contributed by atoms with van der Waals surface area (Å²) in [6, 6.07) is 9.36. The van der Waals surface area contributed by atoms with E-state index in [2.05, 4.69) is 5.32 Å². The number of nitrogens with zero attached hydrogens (tertiary/aromatic N) is 2. The van der Waals surface area contributed by atoms with Gasteiger partial charge >= 0.3 is 6.03 Å². The highest BCUT2D eigenvalue weighted by Crippen LogP contribution is 2.26. The summed E-state index contributed by atoms with van der Waals surface area (Å²) in [5.74, 6) is 0.866. The first-order chi connectivity index (χ1) is 13.7. The fraction of sp³-hybridized carbons (Fsp3) is 0.636. The molecule has 1 aromatic rings. The second kappa shape index (κ2) is 8.84. The number of carbonyl (C=O) groups excluding carboxylic acids is 2. The maximum Gasteiger partial charge on any atom is 0.318 e. The van der Waals surface area contributed by atoms with Crippen molar-refractivity contribution in [3.05, 3.63) is 30.3 Å². The fourth-order valence-electron chi connectivity index (χ4n) is 4.69. The van der Waals surface area contributed by atoms with Gasteiger partial charge in [0.1, 0.15) is 17.9 Å². The average Bonchev–Trinajstić information content (AvgIpc) is 3.39. The van der Waals surface area contributed by atoms with Gasteiger partial charge in [0.05, 0.1) is 6.54 Å². The molecule has 1 saturated carbocycles. The molecule has 0 aromatic heterocycles. The Kier molecular flexibility index (Phi) is 6.03. The van der Waals surface area contributed by atoms with Gasteiger partial charge in [0.25, 0.3) is 0 Å². The first kappa shape index (κ1) is 19.1. The van der Waals surface area contributed by atoms with E-state index in [0.29, 0.717) is 13.0 Å². The highest BCUT2D eigenvalue weighted by molar-refractivity contribution is 5.88. The molecule has 0 bridgehead atoms. The molecule has 3 aliphatic rings. The van der Waals surface area contributed by atoms with Crippen molar-refractivity contribution in [3.63, 3.8) is 0 Å². The van der Waals surface area contributed by atoms with Crippen LogP contribution >= 0.6 is 0 Å². The second-order valence-corrected chi connectivity index (χ2v) is 8.27. The predicted octanol–water partition coefficient (Wildman–Crippen LogP) is 3.17. The van der Waals surface area contributed by atoms with Gasteiger partial charge in [-0.05, 0) is 37.8 Å². The van der Waals surface area contributed by atoms with Crippen LogP contribution in [0.5, 0.6) is 5.75 Å². The van der Waals surface area contributed by atoms with Crippen LogP contribution in [0.15, 0.2) is 30.3 Å². The average molecular weight is 386 g/mol. The lowest BCUT2D eigenvalue weighted by Crippen LogP contribution is -2.52. The number of carbonyl (C=O) groups is 2. The lowest BCUT2D eigenvalue weighted by Gasteiger charge is -2.30. The molecule has 2 saturated heterocycles. The minimum absolute atomic E-state index is 0.0791. The number of para-hydroxylation sites is 1. The number of hydrogen-bond acceptors (Lipinski definition) is 3. The van der Waals surface area contributed by atoms with Crippen molar-refractivity contribution in [2.45, 2.75) is 69.6 Å². The molecule has 152 valence electrons. The number of hydrogen-bond donors (Lipinski definition) is 1. The molecule has 1 N–H and O–H groups in total. The van der Waals surface area contributed by atoms with Crippen molar-refractivity contribution >= 4 is 11.9 Å². The molecule has 4 rings (SSSR count).